The van der Waals surface area contributed by atoms with Crippen molar-refractivity contribution in [3.8, 4) is 0 Å². The van der Waals surface area contributed by atoms with Crippen LogP contribution in [0.2, 0.25) is 5.02 Å². The molecule has 4 heteroatoms. The van der Waals surface area contributed by atoms with E-state index in [1.165, 1.54) is 5.56 Å². The van der Waals surface area contributed by atoms with E-state index in [0.717, 1.165) is 29.2 Å². The number of halogens is 1. The maximum Gasteiger partial charge on any atom is 0.0952 e. The third kappa shape index (κ3) is 3.08. The van der Waals surface area contributed by atoms with E-state index < -0.39 is 0 Å². The van der Waals surface area contributed by atoms with Crippen LogP contribution in [0.3, 0.4) is 0 Å². The van der Waals surface area contributed by atoms with Gasteiger partial charge in [0.05, 0.1) is 12.0 Å². The number of imidazole rings is 1. The molecule has 0 atom stereocenters. The second kappa shape index (κ2) is 5.34. The maximum atomic E-state index is 6.19. The molecule has 1 aromatic carbocycles. The van der Waals surface area contributed by atoms with Gasteiger partial charge in [-0.25, -0.2) is 4.98 Å². The molecule has 2 N–H and O–H groups in total. The van der Waals surface area contributed by atoms with Crippen LogP contribution in [-0.4, -0.2) is 16.1 Å². The zero-order valence-electron chi connectivity index (χ0n) is 9.86. The minimum Gasteiger partial charge on any atom is -0.333 e. The van der Waals surface area contributed by atoms with Gasteiger partial charge in [-0.05, 0) is 30.7 Å². The van der Waals surface area contributed by atoms with Crippen molar-refractivity contribution < 1.29 is 0 Å². The molecule has 2 aromatic rings. The Morgan fingerprint density at radius 1 is 1.41 bits per heavy atom. The van der Waals surface area contributed by atoms with Crippen molar-refractivity contribution in [2.75, 3.05) is 6.54 Å². The van der Waals surface area contributed by atoms with Crippen LogP contribution in [0.5, 0.6) is 0 Å². The lowest BCUT2D eigenvalue weighted by atomic mass is 10.1. The molecule has 0 unspecified atom stereocenters. The summed E-state index contributed by atoms with van der Waals surface area (Å²) < 4.78 is 2.03. The van der Waals surface area contributed by atoms with Crippen LogP contribution in [0.15, 0.2) is 30.7 Å². The van der Waals surface area contributed by atoms with Crippen molar-refractivity contribution in [1.29, 1.82) is 0 Å². The Labute approximate surface area is 106 Å². The first-order chi connectivity index (χ1) is 8.19. The topological polar surface area (TPSA) is 43.8 Å². The molecule has 0 radical (unpaired) electrons. The molecule has 0 aliphatic heterocycles. The molecule has 0 aliphatic carbocycles. The van der Waals surface area contributed by atoms with E-state index in [1.807, 2.05) is 30.1 Å². The summed E-state index contributed by atoms with van der Waals surface area (Å²) in [4.78, 5) is 4.29. The molecular formula is C13H16ClN3. The van der Waals surface area contributed by atoms with Crippen molar-refractivity contribution in [3.05, 3.63) is 52.6 Å². The number of aryl methyl sites for hydroxylation is 1. The minimum atomic E-state index is 0.627. The fourth-order valence-electron chi connectivity index (χ4n) is 1.75. The monoisotopic (exact) mass is 249 g/mol. The molecule has 17 heavy (non-hydrogen) atoms. The number of rotatable bonds is 4. The van der Waals surface area contributed by atoms with E-state index in [-0.39, 0.29) is 0 Å². The average molecular weight is 250 g/mol. The van der Waals surface area contributed by atoms with Gasteiger partial charge >= 0.3 is 0 Å². The lowest BCUT2D eigenvalue weighted by Gasteiger charge is -2.05. The van der Waals surface area contributed by atoms with Crippen molar-refractivity contribution in [2.45, 2.75) is 19.9 Å². The zero-order chi connectivity index (χ0) is 12.3. The van der Waals surface area contributed by atoms with Crippen LogP contribution >= 0.6 is 11.6 Å². The Balaban J connectivity index is 2.13. The summed E-state index contributed by atoms with van der Waals surface area (Å²) in [5, 5.41) is 0.805. The van der Waals surface area contributed by atoms with Crippen molar-refractivity contribution in [1.82, 2.24) is 9.55 Å². The lowest BCUT2D eigenvalue weighted by molar-refractivity contribution is 0.795. The standard InChI is InChI=1S/C13H16ClN3/c1-10-2-3-11(13(14)6-10)7-17-8-12(4-5-15)16-9-17/h2-3,6,8-9H,4-5,7,15H2,1H3. The first-order valence-electron chi connectivity index (χ1n) is 5.65. The summed E-state index contributed by atoms with van der Waals surface area (Å²) in [7, 11) is 0. The van der Waals surface area contributed by atoms with Crippen LogP contribution in [-0.2, 0) is 13.0 Å². The van der Waals surface area contributed by atoms with Gasteiger partial charge in [-0.1, -0.05) is 23.7 Å². The quantitative estimate of drug-likeness (QED) is 0.904. The predicted octanol–water partition coefficient (Wildman–Crippen LogP) is 2.39. The molecule has 2 rings (SSSR count). The van der Waals surface area contributed by atoms with Crippen LogP contribution in [0.4, 0.5) is 0 Å². The maximum absolute atomic E-state index is 6.19. The Morgan fingerprint density at radius 3 is 2.94 bits per heavy atom. The smallest absolute Gasteiger partial charge is 0.0952 e. The second-order valence-electron chi connectivity index (χ2n) is 4.17. The van der Waals surface area contributed by atoms with Gasteiger partial charge in [-0.2, -0.15) is 0 Å². The Bertz CT molecular complexity index is 505. The first kappa shape index (κ1) is 12.1. The second-order valence-corrected chi connectivity index (χ2v) is 4.58. The largest absolute Gasteiger partial charge is 0.333 e. The number of hydrogen-bond donors (Lipinski definition) is 1. The van der Waals surface area contributed by atoms with Gasteiger partial charge < -0.3 is 10.3 Å². The third-order valence-electron chi connectivity index (χ3n) is 2.65. The Morgan fingerprint density at radius 2 is 2.24 bits per heavy atom. The predicted molar refractivity (Wildman–Crippen MR) is 70.3 cm³/mol. The molecule has 0 aliphatic rings. The zero-order valence-corrected chi connectivity index (χ0v) is 10.6. The van der Waals surface area contributed by atoms with Gasteiger partial charge in [0, 0.05) is 24.2 Å². The Kier molecular flexibility index (Phi) is 3.82. The highest BCUT2D eigenvalue weighted by Gasteiger charge is 2.03. The molecule has 0 saturated heterocycles. The summed E-state index contributed by atoms with van der Waals surface area (Å²) in [6.07, 6.45) is 4.65. The summed E-state index contributed by atoms with van der Waals surface area (Å²) >= 11 is 6.19. The van der Waals surface area contributed by atoms with Crippen LogP contribution in [0, 0.1) is 6.92 Å². The number of aromatic nitrogens is 2. The average Bonchev–Trinajstić information content (AvgIpc) is 2.71. The number of nitrogens with zero attached hydrogens (tertiary/aromatic N) is 2. The highest BCUT2D eigenvalue weighted by Crippen LogP contribution is 2.18. The highest BCUT2D eigenvalue weighted by molar-refractivity contribution is 6.31. The van der Waals surface area contributed by atoms with E-state index in [4.69, 9.17) is 17.3 Å². The van der Waals surface area contributed by atoms with E-state index in [2.05, 4.69) is 17.1 Å². The summed E-state index contributed by atoms with van der Waals surface area (Å²) in [5.74, 6) is 0. The fourth-order valence-corrected chi connectivity index (χ4v) is 2.04. The molecule has 1 heterocycles. The molecule has 1 aromatic heterocycles. The minimum absolute atomic E-state index is 0.627. The summed E-state index contributed by atoms with van der Waals surface area (Å²) in [6, 6.07) is 6.10. The lowest BCUT2D eigenvalue weighted by Crippen LogP contribution is -2.03. The van der Waals surface area contributed by atoms with Crippen molar-refractivity contribution in [2.24, 2.45) is 5.73 Å². The van der Waals surface area contributed by atoms with E-state index in [9.17, 15) is 0 Å². The summed E-state index contributed by atoms with van der Waals surface area (Å²) in [5.41, 5.74) is 8.80. The Hall–Kier alpha value is -1.32. The molecule has 0 fully saturated rings. The fraction of sp³-hybridized carbons (Fsp3) is 0.308. The van der Waals surface area contributed by atoms with Gasteiger partial charge in [0.2, 0.25) is 0 Å². The van der Waals surface area contributed by atoms with Crippen molar-refractivity contribution in [3.63, 3.8) is 0 Å². The van der Waals surface area contributed by atoms with E-state index >= 15 is 0 Å². The van der Waals surface area contributed by atoms with Gasteiger partial charge in [-0.15, -0.1) is 0 Å². The van der Waals surface area contributed by atoms with Gasteiger partial charge in [0.1, 0.15) is 0 Å². The highest BCUT2D eigenvalue weighted by atomic mass is 35.5. The molecule has 0 amide bonds. The van der Waals surface area contributed by atoms with Gasteiger partial charge in [0.15, 0.2) is 0 Å². The van der Waals surface area contributed by atoms with Gasteiger partial charge in [0.25, 0.3) is 0 Å². The number of hydrogen-bond acceptors (Lipinski definition) is 2. The molecule has 90 valence electrons. The van der Waals surface area contributed by atoms with E-state index in [1.54, 1.807) is 0 Å². The third-order valence-corrected chi connectivity index (χ3v) is 3.00. The molecule has 0 spiro atoms. The van der Waals surface area contributed by atoms with Crippen molar-refractivity contribution >= 4 is 11.6 Å². The van der Waals surface area contributed by atoms with Crippen LogP contribution in [0.25, 0.3) is 0 Å². The normalized spacial score (nSPS) is 10.8. The SMILES string of the molecule is Cc1ccc(Cn2cnc(CCN)c2)c(Cl)c1. The van der Waals surface area contributed by atoms with Gasteiger partial charge in [-0.3, -0.25) is 0 Å². The number of benzene rings is 1. The molecule has 0 bridgehead atoms. The van der Waals surface area contributed by atoms with Crippen LogP contribution in [0.1, 0.15) is 16.8 Å². The number of nitrogens with two attached hydrogens (primary N) is 1. The molecular weight excluding hydrogens is 234 g/mol. The van der Waals surface area contributed by atoms with E-state index in [0.29, 0.717) is 6.54 Å². The summed E-state index contributed by atoms with van der Waals surface area (Å²) in [6.45, 7) is 3.41. The van der Waals surface area contributed by atoms with Crippen LogP contribution < -0.4 is 5.73 Å². The molecule has 0 saturated carbocycles. The first-order valence-corrected chi connectivity index (χ1v) is 6.02. The molecule has 3 nitrogen and oxygen atoms in total.